The van der Waals surface area contributed by atoms with Crippen LogP contribution in [0.4, 0.5) is 0 Å². The fourth-order valence-electron chi connectivity index (χ4n) is 2.70. The minimum Gasteiger partial charge on any atom is -0.466 e. The van der Waals surface area contributed by atoms with Gasteiger partial charge in [-0.05, 0) is 34.9 Å². The summed E-state index contributed by atoms with van der Waals surface area (Å²) in [5, 5.41) is -0.0810. The van der Waals surface area contributed by atoms with Gasteiger partial charge in [-0.15, -0.1) is 0 Å². The van der Waals surface area contributed by atoms with Crippen LogP contribution in [0.5, 0.6) is 0 Å². The lowest BCUT2D eigenvalue weighted by Crippen LogP contribution is -2.08. The van der Waals surface area contributed by atoms with Crippen molar-refractivity contribution in [2.75, 3.05) is 12.9 Å². The Hall–Kier alpha value is -3.11. The molecule has 0 saturated carbocycles. The predicted molar refractivity (Wildman–Crippen MR) is 115 cm³/mol. The van der Waals surface area contributed by atoms with E-state index >= 15 is 0 Å². The molecule has 0 aliphatic rings. The number of hydrogen-bond acceptors (Lipinski definition) is 4. The molecule has 0 radical (unpaired) electrons. The molecule has 0 aromatic heterocycles. The minimum absolute atomic E-state index is 0.0810. The van der Waals surface area contributed by atoms with E-state index in [9.17, 15) is 9.59 Å². The van der Waals surface area contributed by atoms with E-state index in [1.54, 1.807) is 6.08 Å². The first kappa shape index (κ1) is 19.6. The lowest BCUT2D eigenvalue weighted by Gasteiger charge is -2.07. The van der Waals surface area contributed by atoms with Crippen LogP contribution in [0.2, 0.25) is 0 Å². The van der Waals surface area contributed by atoms with Crippen molar-refractivity contribution in [2.24, 2.45) is 0 Å². The van der Waals surface area contributed by atoms with Gasteiger partial charge in [-0.3, -0.25) is 4.79 Å². The third-order valence-electron chi connectivity index (χ3n) is 4.17. The molecule has 0 fully saturated rings. The summed E-state index contributed by atoms with van der Waals surface area (Å²) in [5.41, 5.74) is 4.11. The maximum absolute atomic E-state index is 12.5. The van der Waals surface area contributed by atoms with Crippen molar-refractivity contribution in [3.63, 3.8) is 0 Å². The first-order valence-electron chi connectivity index (χ1n) is 8.84. The van der Waals surface area contributed by atoms with Gasteiger partial charge < -0.3 is 4.74 Å². The molecule has 0 N–H and O–H groups in total. The Morgan fingerprint density at radius 3 is 2.00 bits per heavy atom. The molecule has 0 amide bonds. The minimum atomic E-state index is -0.427. The van der Waals surface area contributed by atoms with Crippen LogP contribution < -0.4 is 0 Å². The summed E-state index contributed by atoms with van der Waals surface area (Å²) in [6.45, 7) is 0. The molecule has 4 heteroatoms. The molecular weight excluding hydrogens is 368 g/mol. The highest BCUT2D eigenvalue weighted by Gasteiger charge is 2.14. The summed E-state index contributed by atoms with van der Waals surface area (Å²) < 4.78 is 4.86. The van der Waals surface area contributed by atoms with Gasteiger partial charge in [0.1, 0.15) is 0 Å². The van der Waals surface area contributed by atoms with Gasteiger partial charge >= 0.3 is 5.97 Å². The smallest absolute Gasteiger partial charge is 0.334 e. The summed E-state index contributed by atoms with van der Waals surface area (Å²) in [7, 11) is 1.34. The van der Waals surface area contributed by atoms with E-state index in [4.69, 9.17) is 4.74 Å². The predicted octanol–water partition coefficient (Wildman–Crippen LogP) is 5.48. The number of hydrogen-bond donors (Lipinski definition) is 0. The average Bonchev–Trinajstić information content (AvgIpc) is 2.77. The van der Waals surface area contributed by atoms with Gasteiger partial charge in [0.2, 0.25) is 5.12 Å². The van der Waals surface area contributed by atoms with E-state index in [-0.39, 0.29) is 10.9 Å². The van der Waals surface area contributed by atoms with Gasteiger partial charge in [-0.2, -0.15) is 0 Å². The largest absolute Gasteiger partial charge is 0.466 e. The number of ether oxygens (including phenoxy) is 1. The zero-order chi connectivity index (χ0) is 19.8. The number of rotatable bonds is 6. The molecule has 3 rings (SSSR count). The molecule has 0 heterocycles. The lowest BCUT2D eigenvalue weighted by molar-refractivity contribution is -0.135. The normalized spacial score (nSPS) is 11.1. The monoisotopic (exact) mass is 388 g/mol. The van der Waals surface area contributed by atoms with Crippen molar-refractivity contribution in [1.29, 1.82) is 0 Å². The quantitative estimate of drug-likeness (QED) is 0.414. The van der Waals surface area contributed by atoms with Crippen LogP contribution in [0.15, 0.2) is 90.5 Å². The highest BCUT2D eigenvalue weighted by atomic mass is 32.2. The molecule has 0 saturated heterocycles. The molecule has 3 nitrogen and oxygen atoms in total. The maximum atomic E-state index is 12.5. The molecule has 0 unspecified atom stereocenters. The highest BCUT2D eigenvalue weighted by molar-refractivity contribution is 8.14. The number of thioether (sulfide) groups is 1. The van der Waals surface area contributed by atoms with E-state index in [1.165, 1.54) is 7.11 Å². The molecular formula is C24H20O3S. The van der Waals surface area contributed by atoms with Crippen molar-refractivity contribution < 1.29 is 14.3 Å². The number of carbonyl (C=O) groups is 2. The fraction of sp³-hybridized carbons (Fsp3) is 0.0833. The summed E-state index contributed by atoms with van der Waals surface area (Å²) >= 11 is 1.09. The molecule has 28 heavy (non-hydrogen) atoms. The fourth-order valence-corrected chi connectivity index (χ4v) is 3.49. The Bertz CT molecular complexity index is 962. The zero-order valence-electron chi connectivity index (χ0n) is 15.5. The van der Waals surface area contributed by atoms with Crippen molar-refractivity contribution >= 4 is 28.9 Å². The summed E-state index contributed by atoms with van der Waals surface area (Å²) in [6, 6.07) is 27.0. The van der Waals surface area contributed by atoms with Crippen molar-refractivity contribution in [3.05, 3.63) is 102 Å². The topological polar surface area (TPSA) is 43.4 Å². The van der Waals surface area contributed by atoms with Gasteiger partial charge in [0, 0.05) is 16.9 Å². The highest BCUT2D eigenvalue weighted by Crippen LogP contribution is 2.22. The third-order valence-corrected chi connectivity index (χ3v) is 5.13. The molecule has 0 aliphatic heterocycles. The van der Waals surface area contributed by atoms with E-state index < -0.39 is 5.97 Å². The number of esters is 1. The van der Waals surface area contributed by atoms with Crippen molar-refractivity contribution in [1.82, 2.24) is 0 Å². The number of methoxy groups -OCH3 is 1. The van der Waals surface area contributed by atoms with Crippen LogP contribution in [0, 0.1) is 0 Å². The van der Waals surface area contributed by atoms with E-state index in [0.29, 0.717) is 11.1 Å². The number of benzene rings is 3. The molecule has 0 aliphatic carbocycles. The van der Waals surface area contributed by atoms with E-state index in [0.717, 1.165) is 28.5 Å². The van der Waals surface area contributed by atoms with Crippen LogP contribution in [0.3, 0.4) is 0 Å². The average molecular weight is 388 g/mol. The Morgan fingerprint density at radius 1 is 0.821 bits per heavy atom. The molecule has 0 atom stereocenters. The lowest BCUT2D eigenvalue weighted by atomic mass is 10.0. The van der Waals surface area contributed by atoms with Crippen LogP contribution in [0.25, 0.3) is 17.2 Å². The third kappa shape index (κ3) is 5.21. The Kier molecular flexibility index (Phi) is 6.82. The van der Waals surface area contributed by atoms with E-state index in [1.807, 2.05) is 84.9 Å². The maximum Gasteiger partial charge on any atom is 0.334 e. The second kappa shape index (κ2) is 9.72. The van der Waals surface area contributed by atoms with Crippen LogP contribution in [-0.4, -0.2) is 23.9 Å². The van der Waals surface area contributed by atoms with E-state index in [2.05, 4.69) is 0 Å². The first-order chi connectivity index (χ1) is 13.7. The summed E-state index contributed by atoms with van der Waals surface area (Å²) in [5.74, 6) is -0.176. The molecule has 0 spiro atoms. The number of carbonyl (C=O) groups excluding carboxylic acids is 2. The van der Waals surface area contributed by atoms with Gasteiger partial charge in [-0.25, -0.2) is 4.79 Å². The summed E-state index contributed by atoms with van der Waals surface area (Å²) in [6.07, 6.45) is 1.75. The standard InChI is InChI=1S/C24H20O3S/c1-27-23(25)22(16-18-8-4-2-5-9-18)17-28-24(26)21-14-12-20(13-15-21)19-10-6-3-7-11-19/h2-16H,17H2,1H3/b22-16+. The Labute approximate surface area is 169 Å². The zero-order valence-corrected chi connectivity index (χ0v) is 16.3. The van der Waals surface area contributed by atoms with Gasteiger partial charge in [0.25, 0.3) is 0 Å². The molecule has 3 aromatic rings. The van der Waals surface area contributed by atoms with Gasteiger partial charge in [-0.1, -0.05) is 84.6 Å². The SMILES string of the molecule is COC(=O)/C(=C/c1ccccc1)CSC(=O)c1ccc(-c2ccccc2)cc1. The van der Waals surface area contributed by atoms with Crippen LogP contribution in [0.1, 0.15) is 15.9 Å². The Morgan fingerprint density at radius 2 is 1.39 bits per heavy atom. The Balaban J connectivity index is 1.69. The molecule has 0 bridgehead atoms. The van der Waals surface area contributed by atoms with Gasteiger partial charge in [0.05, 0.1) is 7.11 Å². The van der Waals surface area contributed by atoms with Crippen molar-refractivity contribution in [2.45, 2.75) is 0 Å². The van der Waals surface area contributed by atoms with Crippen molar-refractivity contribution in [3.8, 4) is 11.1 Å². The molecule has 140 valence electrons. The molecule has 3 aromatic carbocycles. The first-order valence-corrected chi connectivity index (χ1v) is 9.82. The summed E-state index contributed by atoms with van der Waals surface area (Å²) in [4.78, 5) is 24.6. The van der Waals surface area contributed by atoms with Crippen LogP contribution in [-0.2, 0) is 9.53 Å². The second-order valence-electron chi connectivity index (χ2n) is 6.09. The van der Waals surface area contributed by atoms with Crippen LogP contribution >= 0.6 is 11.8 Å². The second-order valence-corrected chi connectivity index (χ2v) is 7.04. The van der Waals surface area contributed by atoms with Gasteiger partial charge in [0.15, 0.2) is 0 Å².